The van der Waals surface area contributed by atoms with Gasteiger partial charge in [0.25, 0.3) is 0 Å². The zero-order valence-corrected chi connectivity index (χ0v) is 15.2. The molecule has 2 N–H and O–H groups in total. The molecule has 5 heteroatoms. The number of carbonyl (C=O) groups excluding carboxylic acids is 2. The maximum Gasteiger partial charge on any atom is 0.239 e. The van der Waals surface area contributed by atoms with Crippen LogP contribution in [0.2, 0.25) is 0 Å². The van der Waals surface area contributed by atoms with Crippen molar-refractivity contribution >= 4 is 17.5 Å². The van der Waals surface area contributed by atoms with E-state index in [9.17, 15) is 14.7 Å². The minimum Gasteiger partial charge on any atom is -0.388 e. The van der Waals surface area contributed by atoms with E-state index >= 15 is 0 Å². The average Bonchev–Trinajstić information content (AvgIpc) is 2.89. The van der Waals surface area contributed by atoms with Gasteiger partial charge in [0.2, 0.25) is 11.8 Å². The van der Waals surface area contributed by atoms with E-state index in [-0.39, 0.29) is 24.3 Å². The molecular weight excluding hydrogens is 304 g/mol. The minimum absolute atomic E-state index is 0.0177. The standard InChI is InChI=1S/C19H28N2O3/c1-12(2)19(5,24)11-20-17(22)16-8-9-21(18(16)23)15-7-6-13(3)14(4)10-15/h6-7,10,12,16,24H,8-9,11H2,1-5H3,(H,20,22). The Labute approximate surface area is 144 Å². The van der Waals surface area contributed by atoms with Crippen molar-refractivity contribution in [1.29, 1.82) is 0 Å². The van der Waals surface area contributed by atoms with Gasteiger partial charge >= 0.3 is 0 Å². The lowest BCUT2D eigenvalue weighted by Gasteiger charge is -2.28. The molecular formula is C19H28N2O3. The molecule has 0 saturated carbocycles. The Morgan fingerprint density at radius 1 is 1.38 bits per heavy atom. The van der Waals surface area contributed by atoms with Crippen molar-refractivity contribution < 1.29 is 14.7 Å². The second-order valence-corrected chi connectivity index (χ2v) is 7.33. The first-order valence-electron chi connectivity index (χ1n) is 8.52. The molecule has 2 rings (SSSR count). The first-order valence-corrected chi connectivity index (χ1v) is 8.52. The summed E-state index contributed by atoms with van der Waals surface area (Å²) in [5, 5.41) is 13.0. The Kier molecular flexibility index (Phi) is 5.33. The molecule has 1 aromatic rings. The number of amides is 2. The first-order chi connectivity index (χ1) is 11.1. The molecule has 0 aliphatic carbocycles. The van der Waals surface area contributed by atoms with Crippen molar-refractivity contribution in [3.05, 3.63) is 29.3 Å². The monoisotopic (exact) mass is 332 g/mol. The number of hydrogen-bond donors (Lipinski definition) is 2. The molecule has 24 heavy (non-hydrogen) atoms. The lowest BCUT2D eigenvalue weighted by Crippen LogP contribution is -2.47. The van der Waals surface area contributed by atoms with Crippen LogP contribution in [0.1, 0.15) is 38.3 Å². The van der Waals surface area contributed by atoms with E-state index in [2.05, 4.69) is 5.32 Å². The fraction of sp³-hybridized carbons (Fsp3) is 0.579. The van der Waals surface area contributed by atoms with Gasteiger partial charge in [0.1, 0.15) is 5.92 Å². The van der Waals surface area contributed by atoms with E-state index < -0.39 is 11.5 Å². The summed E-state index contributed by atoms with van der Waals surface area (Å²) in [6.07, 6.45) is 0.501. The summed E-state index contributed by atoms with van der Waals surface area (Å²) in [5.41, 5.74) is 2.16. The molecule has 1 fully saturated rings. The smallest absolute Gasteiger partial charge is 0.239 e. The van der Waals surface area contributed by atoms with Crippen LogP contribution in [0.4, 0.5) is 5.69 Å². The van der Waals surface area contributed by atoms with Gasteiger partial charge in [-0.25, -0.2) is 0 Å². The lowest BCUT2D eigenvalue weighted by molar-refractivity contribution is -0.133. The Hall–Kier alpha value is -1.88. The number of aryl methyl sites for hydroxylation is 2. The fourth-order valence-electron chi connectivity index (χ4n) is 2.67. The Morgan fingerprint density at radius 3 is 2.62 bits per heavy atom. The zero-order valence-electron chi connectivity index (χ0n) is 15.2. The SMILES string of the molecule is Cc1ccc(N2CCC(C(=O)NCC(C)(O)C(C)C)C2=O)cc1C. The van der Waals surface area contributed by atoms with Gasteiger partial charge in [-0.2, -0.15) is 0 Å². The summed E-state index contributed by atoms with van der Waals surface area (Å²) < 4.78 is 0. The van der Waals surface area contributed by atoms with Crippen LogP contribution >= 0.6 is 0 Å². The van der Waals surface area contributed by atoms with Gasteiger partial charge in [0.05, 0.1) is 5.60 Å². The summed E-state index contributed by atoms with van der Waals surface area (Å²) in [5.74, 6) is -1.12. The van der Waals surface area contributed by atoms with E-state index in [1.807, 2.05) is 45.9 Å². The lowest BCUT2D eigenvalue weighted by atomic mass is 9.92. The molecule has 1 aliphatic rings. The van der Waals surface area contributed by atoms with E-state index in [0.29, 0.717) is 13.0 Å². The van der Waals surface area contributed by atoms with Gasteiger partial charge in [-0.15, -0.1) is 0 Å². The molecule has 2 atom stereocenters. The number of carbonyl (C=O) groups is 2. The van der Waals surface area contributed by atoms with Crippen LogP contribution in [0.5, 0.6) is 0 Å². The normalized spacial score (nSPS) is 20.4. The van der Waals surface area contributed by atoms with E-state index in [4.69, 9.17) is 0 Å². The number of nitrogens with zero attached hydrogens (tertiary/aromatic N) is 1. The molecule has 2 amide bonds. The minimum atomic E-state index is -0.981. The average molecular weight is 332 g/mol. The van der Waals surface area contributed by atoms with Gasteiger partial charge in [-0.3, -0.25) is 9.59 Å². The summed E-state index contributed by atoms with van der Waals surface area (Å²) in [4.78, 5) is 26.6. The van der Waals surface area contributed by atoms with E-state index in [0.717, 1.165) is 11.3 Å². The van der Waals surface area contributed by atoms with Crippen LogP contribution in [0.15, 0.2) is 18.2 Å². The second kappa shape index (κ2) is 6.93. The predicted molar refractivity (Wildman–Crippen MR) is 94.8 cm³/mol. The van der Waals surface area contributed by atoms with Crippen LogP contribution in [0.3, 0.4) is 0 Å². The summed E-state index contributed by atoms with van der Waals surface area (Å²) in [6.45, 7) is 10.2. The van der Waals surface area contributed by atoms with Gasteiger partial charge in [-0.1, -0.05) is 19.9 Å². The summed E-state index contributed by atoms with van der Waals surface area (Å²) >= 11 is 0. The van der Waals surface area contributed by atoms with Crippen LogP contribution in [-0.4, -0.2) is 35.6 Å². The Balaban J connectivity index is 2.03. The van der Waals surface area contributed by atoms with Crippen molar-refractivity contribution in [2.75, 3.05) is 18.0 Å². The largest absolute Gasteiger partial charge is 0.388 e. The van der Waals surface area contributed by atoms with Crippen molar-refractivity contribution in [2.24, 2.45) is 11.8 Å². The number of anilines is 1. The number of aliphatic hydroxyl groups is 1. The van der Waals surface area contributed by atoms with E-state index in [1.165, 1.54) is 5.56 Å². The number of hydrogen-bond acceptors (Lipinski definition) is 3. The molecule has 1 heterocycles. The quantitative estimate of drug-likeness (QED) is 0.812. The van der Waals surface area contributed by atoms with Crippen molar-refractivity contribution in [2.45, 2.75) is 46.6 Å². The zero-order chi connectivity index (χ0) is 18.1. The van der Waals surface area contributed by atoms with Crippen LogP contribution in [0, 0.1) is 25.7 Å². The second-order valence-electron chi connectivity index (χ2n) is 7.33. The van der Waals surface area contributed by atoms with Crippen LogP contribution in [0.25, 0.3) is 0 Å². The topological polar surface area (TPSA) is 69.6 Å². The van der Waals surface area contributed by atoms with Gasteiger partial charge in [0.15, 0.2) is 0 Å². The van der Waals surface area contributed by atoms with Crippen molar-refractivity contribution in [3.63, 3.8) is 0 Å². The fourth-order valence-corrected chi connectivity index (χ4v) is 2.67. The summed E-state index contributed by atoms with van der Waals surface area (Å²) in [7, 11) is 0. The number of benzene rings is 1. The van der Waals surface area contributed by atoms with Crippen molar-refractivity contribution in [1.82, 2.24) is 5.32 Å². The first kappa shape index (κ1) is 18.5. The molecule has 1 aliphatic heterocycles. The molecule has 1 aromatic carbocycles. The van der Waals surface area contributed by atoms with Crippen LogP contribution in [-0.2, 0) is 9.59 Å². The maximum absolute atomic E-state index is 12.6. The van der Waals surface area contributed by atoms with Gasteiger partial charge in [-0.05, 0) is 56.4 Å². The van der Waals surface area contributed by atoms with Gasteiger partial charge < -0.3 is 15.3 Å². The Bertz CT molecular complexity index is 637. The molecule has 0 bridgehead atoms. The third-order valence-electron chi connectivity index (χ3n) is 5.19. The molecule has 0 radical (unpaired) electrons. The molecule has 5 nitrogen and oxygen atoms in total. The molecule has 132 valence electrons. The van der Waals surface area contributed by atoms with Crippen molar-refractivity contribution in [3.8, 4) is 0 Å². The molecule has 0 spiro atoms. The highest BCUT2D eigenvalue weighted by Crippen LogP contribution is 2.27. The van der Waals surface area contributed by atoms with Crippen LogP contribution < -0.4 is 10.2 Å². The highest BCUT2D eigenvalue weighted by atomic mass is 16.3. The Morgan fingerprint density at radius 2 is 2.04 bits per heavy atom. The molecule has 0 aromatic heterocycles. The number of nitrogens with one attached hydrogen (secondary N) is 1. The molecule has 1 saturated heterocycles. The predicted octanol–water partition coefficient (Wildman–Crippen LogP) is 2.18. The maximum atomic E-state index is 12.6. The van der Waals surface area contributed by atoms with E-state index in [1.54, 1.807) is 11.8 Å². The third kappa shape index (κ3) is 3.78. The highest BCUT2D eigenvalue weighted by Gasteiger charge is 2.38. The number of rotatable bonds is 5. The molecule has 2 unspecified atom stereocenters. The highest BCUT2D eigenvalue weighted by molar-refractivity contribution is 6.09. The van der Waals surface area contributed by atoms with Gasteiger partial charge in [0, 0.05) is 18.8 Å². The third-order valence-corrected chi connectivity index (χ3v) is 5.19. The summed E-state index contributed by atoms with van der Waals surface area (Å²) in [6, 6.07) is 5.90.